The fraction of sp³-hybridized carbons (Fsp3) is 0.375. The van der Waals surface area contributed by atoms with E-state index in [1.165, 1.54) is 6.07 Å². The van der Waals surface area contributed by atoms with Crippen molar-refractivity contribution < 1.29 is 29.2 Å². The molecule has 31 heavy (non-hydrogen) atoms. The molecule has 2 unspecified atom stereocenters. The van der Waals surface area contributed by atoms with Crippen LogP contribution in [0.3, 0.4) is 0 Å². The number of aliphatic hydroxyl groups is 1. The number of aryl methyl sites for hydroxylation is 1. The summed E-state index contributed by atoms with van der Waals surface area (Å²) in [4.78, 5) is 13.4. The van der Waals surface area contributed by atoms with Crippen molar-refractivity contribution in [3.63, 3.8) is 0 Å². The Labute approximate surface area is 179 Å². The van der Waals surface area contributed by atoms with E-state index in [-0.39, 0.29) is 46.2 Å². The zero-order valence-electron chi connectivity index (χ0n) is 17.8. The third kappa shape index (κ3) is 3.75. The summed E-state index contributed by atoms with van der Waals surface area (Å²) in [6, 6.07) is 9.60. The maximum absolute atomic E-state index is 13.4. The lowest BCUT2D eigenvalue weighted by Crippen LogP contribution is -2.51. The van der Waals surface area contributed by atoms with Gasteiger partial charge in [0.2, 0.25) is 17.5 Å². The minimum Gasteiger partial charge on any atom is -0.508 e. The van der Waals surface area contributed by atoms with Crippen molar-refractivity contribution in [3.8, 4) is 28.6 Å². The van der Waals surface area contributed by atoms with Gasteiger partial charge in [0.25, 0.3) is 0 Å². The lowest BCUT2D eigenvalue weighted by atomic mass is 9.84. The molecule has 0 bridgehead atoms. The number of phenols is 2. The fourth-order valence-electron chi connectivity index (χ4n) is 3.89. The van der Waals surface area contributed by atoms with Crippen LogP contribution in [0.5, 0.6) is 17.2 Å². The molecule has 7 heteroatoms. The van der Waals surface area contributed by atoms with Crippen LogP contribution >= 0.6 is 0 Å². The lowest BCUT2D eigenvalue weighted by Gasteiger charge is -2.40. The van der Waals surface area contributed by atoms with E-state index in [0.717, 1.165) is 11.6 Å². The highest BCUT2D eigenvalue weighted by molar-refractivity contribution is 5.88. The quantitative estimate of drug-likeness (QED) is 0.582. The summed E-state index contributed by atoms with van der Waals surface area (Å²) < 4.78 is 17.7. The third-order valence-corrected chi connectivity index (χ3v) is 6.20. The first kappa shape index (κ1) is 21.2. The molecular formula is C24H26O7. The van der Waals surface area contributed by atoms with Crippen LogP contribution in [0.25, 0.3) is 22.3 Å². The second-order valence-corrected chi connectivity index (χ2v) is 8.33. The number of rotatable bonds is 3. The van der Waals surface area contributed by atoms with Crippen LogP contribution < -0.4 is 10.2 Å². The van der Waals surface area contributed by atoms with Crippen LogP contribution in [-0.4, -0.2) is 33.8 Å². The van der Waals surface area contributed by atoms with Gasteiger partial charge in [-0.1, -0.05) is 43.7 Å². The van der Waals surface area contributed by atoms with Crippen molar-refractivity contribution in [2.45, 2.75) is 46.2 Å². The number of hydrogen-bond donors (Lipinski definition) is 3. The van der Waals surface area contributed by atoms with Gasteiger partial charge in [0, 0.05) is 17.7 Å². The molecule has 0 spiro atoms. The average molecular weight is 426 g/mol. The molecule has 164 valence electrons. The molecule has 3 aromatic rings. The van der Waals surface area contributed by atoms with Crippen LogP contribution in [0.1, 0.15) is 26.3 Å². The molecule has 0 amide bonds. The third-order valence-electron chi connectivity index (χ3n) is 6.20. The first-order chi connectivity index (χ1) is 14.7. The predicted octanol–water partition coefficient (Wildman–Crippen LogP) is 3.94. The van der Waals surface area contributed by atoms with E-state index in [2.05, 4.69) is 0 Å². The van der Waals surface area contributed by atoms with E-state index >= 15 is 0 Å². The lowest BCUT2D eigenvalue weighted by molar-refractivity contribution is -0.233. The highest BCUT2D eigenvalue weighted by atomic mass is 16.7. The van der Waals surface area contributed by atoms with Gasteiger partial charge in [-0.2, -0.15) is 0 Å². The standard InChI is InChI=1S/C24H26O7/c1-11-5-7-15(8-6-11)22-23(31-24-20(27)13(3)12(2)14(4)29-24)21(28)19-17(26)9-16(25)10-18(19)30-22/h5-10,12-14,20,24-27H,1-4H3/t12-,13+,14?,20+,24?/m1/s1. The Morgan fingerprint density at radius 2 is 1.68 bits per heavy atom. The number of hydrogen-bond acceptors (Lipinski definition) is 7. The Balaban J connectivity index is 1.90. The molecule has 3 N–H and O–H groups in total. The molecule has 0 aliphatic carbocycles. The highest BCUT2D eigenvalue weighted by Gasteiger charge is 2.41. The SMILES string of the molecule is Cc1ccc(-c2oc3cc(O)cc(O)c3c(=O)c2OC2OC(C)[C@H](C)[C@H](C)[C@@H]2O)cc1. The molecular weight excluding hydrogens is 400 g/mol. The summed E-state index contributed by atoms with van der Waals surface area (Å²) in [7, 11) is 0. The molecule has 1 saturated heterocycles. The topological polar surface area (TPSA) is 109 Å². The number of ether oxygens (including phenoxy) is 2. The van der Waals surface area contributed by atoms with Gasteiger partial charge in [-0.15, -0.1) is 0 Å². The number of aliphatic hydroxyl groups excluding tert-OH is 1. The second kappa shape index (κ2) is 7.90. The van der Waals surface area contributed by atoms with Gasteiger partial charge in [-0.3, -0.25) is 4.79 Å². The molecule has 1 aliphatic heterocycles. The summed E-state index contributed by atoms with van der Waals surface area (Å²) in [6.07, 6.45) is -2.23. The molecule has 1 aromatic heterocycles. The van der Waals surface area contributed by atoms with Crippen molar-refractivity contribution in [1.82, 2.24) is 0 Å². The summed E-state index contributed by atoms with van der Waals surface area (Å²) in [5.74, 6) is -0.725. The summed E-state index contributed by atoms with van der Waals surface area (Å²) in [6.45, 7) is 7.72. The molecule has 1 fully saturated rings. The number of aromatic hydroxyl groups is 2. The zero-order chi connectivity index (χ0) is 22.4. The second-order valence-electron chi connectivity index (χ2n) is 8.33. The van der Waals surface area contributed by atoms with Crippen molar-refractivity contribution in [2.24, 2.45) is 11.8 Å². The maximum Gasteiger partial charge on any atom is 0.239 e. The molecule has 1 aliphatic rings. The average Bonchev–Trinajstić information content (AvgIpc) is 2.72. The first-order valence-corrected chi connectivity index (χ1v) is 10.3. The highest BCUT2D eigenvalue weighted by Crippen LogP contribution is 2.38. The molecule has 7 nitrogen and oxygen atoms in total. The first-order valence-electron chi connectivity index (χ1n) is 10.3. The number of benzene rings is 2. The molecule has 0 saturated carbocycles. The van der Waals surface area contributed by atoms with E-state index in [0.29, 0.717) is 5.56 Å². The van der Waals surface area contributed by atoms with E-state index in [9.17, 15) is 20.1 Å². The van der Waals surface area contributed by atoms with Gasteiger partial charge in [0.1, 0.15) is 28.6 Å². The normalized spacial score (nSPS) is 26.2. The van der Waals surface area contributed by atoms with Crippen LogP contribution in [0, 0.1) is 18.8 Å². The fourth-order valence-corrected chi connectivity index (χ4v) is 3.89. The van der Waals surface area contributed by atoms with Gasteiger partial charge in [-0.25, -0.2) is 0 Å². The summed E-state index contributed by atoms with van der Waals surface area (Å²) in [5, 5.41) is 30.7. The number of phenolic OH excluding ortho intramolecular Hbond substituents is 2. The Morgan fingerprint density at radius 3 is 2.35 bits per heavy atom. The van der Waals surface area contributed by atoms with Crippen molar-refractivity contribution in [3.05, 3.63) is 52.2 Å². The summed E-state index contributed by atoms with van der Waals surface area (Å²) >= 11 is 0. The Morgan fingerprint density at radius 1 is 1.00 bits per heavy atom. The Bertz CT molecular complexity index is 1170. The van der Waals surface area contributed by atoms with Crippen LogP contribution in [0.4, 0.5) is 0 Å². The van der Waals surface area contributed by atoms with Gasteiger partial charge >= 0.3 is 0 Å². The van der Waals surface area contributed by atoms with Gasteiger partial charge < -0.3 is 29.2 Å². The smallest absolute Gasteiger partial charge is 0.239 e. The largest absolute Gasteiger partial charge is 0.508 e. The Hall–Kier alpha value is -3.03. The van der Waals surface area contributed by atoms with Crippen LogP contribution in [0.2, 0.25) is 0 Å². The molecule has 4 rings (SSSR count). The minimum atomic E-state index is -1.08. The number of fused-ring (bicyclic) bond motifs is 1. The van der Waals surface area contributed by atoms with E-state index in [4.69, 9.17) is 13.9 Å². The van der Waals surface area contributed by atoms with Crippen LogP contribution in [-0.2, 0) is 4.74 Å². The summed E-state index contributed by atoms with van der Waals surface area (Å²) in [5.41, 5.74) is 0.990. The zero-order valence-corrected chi connectivity index (χ0v) is 17.8. The van der Waals surface area contributed by atoms with Crippen LogP contribution in [0.15, 0.2) is 45.6 Å². The minimum absolute atomic E-state index is 0.0193. The van der Waals surface area contributed by atoms with Crippen molar-refractivity contribution >= 4 is 11.0 Å². The van der Waals surface area contributed by atoms with E-state index in [1.807, 2.05) is 39.8 Å². The predicted molar refractivity (Wildman–Crippen MR) is 115 cm³/mol. The van der Waals surface area contributed by atoms with Gasteiger partial charge in [-0.05, 0) is 25.7 Å². The molecule has 0 radical (unpaired) electrons. The molecule has 2 aromatic carbocycles. The molecule has 5 atom stereocenters. The van der Waals surface area contributed by atoms with Crippen molar-refractivity contribution in [2.75, 3.05) is 0 Å². The van der Waals surface area contributed by atoms with E-state index in [1.54, 1.807) is 12.1 Å². The van der Waals surface area contributed by atoms with Crippen molar-refractivity contribution in [1.29, 1.82) is 0 Å². The van der Waals surface area contributed by atoms with Gasteiger partial charge in [0.05, 0.1) is 6.10 Å². The maximum atomic E-state index is 13.4. The monoisotopic (exact) mass is 426 g/mol. The molecule has 2 heterocycles. The van der Waals surface area contributed by atoms with E-state index < -0.39 is 23.6 Å². The Kier molecular flexibility index (Phi) is 5.41. The van der Waals surface area contributed by atoms with Gasteiger partial charge in [0.15, 0.2) is 5.76 Å².